The minimum Gasteiger partial charge on any atom is -0.0648 e. The number of rotatable bonds is 9. The maximum absolute atomic E-state index is 2.39. The molecular weight excluding hydrogens is 360 g/mol. The fraction of sp³-hybridized carbons (Fsp3) is 0.400. The molecule has 4 atom stereocenters. The second kappa shape index (κ2) is 10.6. The first-order valence-corrected chi connectivity index (χ1v) is 11.7. The lowest BCUT2D eigenvalue weighted by Gasteiger charge is -2.26. The van der Waals surface area contributed by atoms with Crippen molar-refractivity contribution in [3.63, 3.8) is 0 Å². The maximum atomic E-state index is 2.39. The molecule has 0 heterocycles. The van der Waals surface area contributed by atoms with E-state index in [9.17, 15) is 0 Å². The van der Waals surface area contributed by atoms with Crippen LogP contribution in [0.25, 0.3) is 0 Å². The molecule has 0 saturated heterocycles. The number of aryl methyl sites for hydroxylation is 1. The van der Waals surface area contributed by atoms with Gasteiger partial charge in [-0.2, -0.15) is 0 Å². The van der Waals surface area contributed by atoms with Gasteiger partial charge in [-0.05, 0) is 72.1 Å². The van der Waals surface area contributed by atoms with E-state index in [1.807, 2.05) is 0 Å². The van der Waals surface area contributed by atoms with Gasteiger partial charge in [-0.15, -0.1) is 0 Å². The zero-order chi connectivity index (χ0) is 21.5. The molecule has 0 aliphatic carbocycles. The normalized spacial score (nSPS) is 15.4. The molecular formula is C30H38. The Balaban J connectivity index is 1.82. The van der Waals surface area contributed by atoms with E-state index in [4.69, 9.17) is 0 Å². The number of benzene rings is 3. The molecule has 0 saturated carbocycles. The molecule has 158 valence electrons. The van der Waals surface area contributed by atoms with E-state index >= 15 is 0 Å². The molecule has 0 radical (unpaired) electrons. The Labute approximate surface area is 184 Å². The van der Waals surface area contributed by atoms with Crippen molar-refractivity contribution in [1.82, 2.24) is 0 Å². The summed E-state index contributed by atoms with van der Waals surface area (Å²) in [5.74, 6) is 2.29. The second-order valence-electron chi connectivity index (χ2n) is 9.27. The van der Waals surface area contributed by atoms with Gasteiger partial charge in [-0.1, -0.05) is 112 Å². The predicted molar refractivity (Wildman–Crippen MR) is 132 cm³/mol. The lowest BCUT2D eigenvalue weighted by Crippen LogP contribution is -2.09. The molecule has 3 rings (SSSR count). The minimum atomic E-state index is 0.549. The van der Waals surface area contributed by atoms with Crippen LogP contribution in [0, 0.1) is 6.92 Å². The van der Waals surface area contributed by atoms with Gasteiger partial charge in [0.25, 0.3) is 0 Å². The van der Waals surface area contributed by atoms with E-state index in [-0.39, 0.29) is 0 Å². The Morgan fingerprint density at radius 2 is 0.967 bits per heavy atom. The topological polar surface area (TPSA) is 0 Å². The van der Waals surface area contributed by atoms with Crippen molar-refractivity contribution >= 4 is 0 Å². The summed E-state index contributed by atoms with van der Waals surface area (Å²) >= 11 is 0. The third kappa shape index (κ3) is 5.85. The first-order valence-electron chi connectivity index (χ1n) is 11.7. The van der Waals surface area contributed by atoms with Gasteiger partial charge >= 0.3 is 0 Å². The van der Waals surface area contributed by atoms with Crippen molar-refractivity contribution in [2.24, 2.45) is 0 Å². The highest BCUT2D eigenvalue weighted by Gasteiger charge is 2.20. The van der Waals surface area contributed by atoms with Crippen LogP contribution in [0.5, 0.6) is 0 Å². The Bertz CT molecular complexity index is 874. The molecule has 30 heavy (non-hydrogen) atoms. The molecule has 3 aromatic carbocycles. The van der Waals surface area contributed by atoms with E-state index in [1.165, 1.54) is 47.1 Å². The van der Waals surface area contributed by atoms with E-state index in [0.29, 0.717) is 23.7 Å². The van der Waals surface area contributed by atoms with E-state index in [2.05, 4.69) is 113 Å². The first-order chi connectivity index (χ1) is 14.5. The van der Waals surface area contributed by atoms with Crippen LogP contribution >= 0.6 is 0 Å². The smallest absolute Gasteiger partial charge is 0.0151 e. The average Bonchev–Trinajstić information content (AvgIpc) is 2.79. The van der Waals surface area contributed by atoms with Gasteiger partial charge in [-0.3, -0.25) is 0 Å². The summed E-state index contributed by atoms with van der Waals surface area (Å²) < 4.78 is 0. The molecule has 0 aliphatic rings. The second-order valence-corrected chi connectivity index (χ2v) is 9.27. The van der Waals surface area contributed by atoms with Gasteiger partial charge in [0.05, 0.1) is 0 Å². The Morgan fingerprint density at radius 3 is 1.50 bits per heavy atom. The van der Waals surface area contributed by atoms with Crippen LogP contribution in [-0.2, 0) is 0 Å². The van der Waals surface area contributed by atoms with Gasteiger partial charge in [0.1, 0.15) is 0 Å². The standard InChI is InChI=1S/C30H38/c1-6-23(3)27-16-18-29(19-17-27)30(20-24(4)26-10-8-7-9-11-26)21-25(5)28-14-12-22(2)13-15-28/h7-19,23-25,30H,6,20-21H2,1-5H3. The van der Waals surface area contributed by atoms with Crippen LogP contribution in [0.4, 0.5) is 0 Å². The summed E-state index contributed by atoms with van der Waals surface area (Å²) in [7, 11) is 0. The lowest BCUT2D eigenvalue weighted by atomic mass is 9.79. The zero-order valence-corrected chi connectivity index (χ0v) is 19.4. The maximum Gasteiger partial charge on any atom is -0.0151 e. The minimum absolute atomic E-state index is 0.549. The fourth-order valence-electron chi connectivity index (χ4n) is 4.50. The summed E-state index contributed by atoms with van der Waals surface area (Å²) in [6.07, 6.45) is 3.56. The molecule has 3 aromatic rings. The summed E-state index contributed by atoms with van der Waals surface area (Å²) in [5, 5.41) is 0. The van der Waals surface area contributed by atoms with Crippen molar-refractivity contribution in [3.05, 3.63) is 107 Å². The van der Waals surface area contributed by atoms with Crippen molar-refractivity contribution in [3.8, 4) is 0 Å². The highest BCUT2D eigenvalue weighted by atomic mass is 14.2. The molecule has 0 nitrogen and oxygen atoms in total. The van der Waals surface area contributed by atoms with Gasteiger partial charge in [0, 0.05) is 0 Å². The Morgan fingerprint density at radius 1 is 0.533 bits per heavy atom. The summed E-state index contributed by atoms with van der Waals surface area (Å²) in [4.78, 5) is 0. The van der Waals surface area contributed by atoms with Gasteiger partial charge < -0.3 is 0 Å². The summed E-state index contributed by atoms with van der Waals surface area (Å²) in [6, 6.07) is 29.6. The Hall–Kier alpha value is -2.34. The first kappa shape index (κ1) is 22.3. The predicted octanol–water partition coefficient (Wildman–Crippen LogP) is 8.98. The van der Waals surface area contributed by atoms with E-state index in [1.54, 1.807) is 0 Å². The summed E-state index contributed by atoms with van der Waals surface area (Å²) in [6.45, 7) is 11.5. The molecule has 0 aliphatic heterocycles. The van der Waals surface area contributed by atoms with Crippen LogP contribution in [0.1, 0.15) is 98.4 Å². The van der Waals surface area contributed by atoms with Gasteiger partial charge in [0.15, 0.2) is 0 Å². The highest BCUT2D eigenvalue weighted by molar-refractivity contribution is 5.30. The van der Waals surface area contributed by atoms with Crippen LogP contribution in [0.15, 0.2) is 78.9 Å². The third-order valence-electron chi connectivity index (χ3n) is 6.88. The van der Waals surface area contributed by atoms with Crippen LogP contribution < -0.4 is 0 Å². The van der Waals surface area contributed by atoms with E-state index < -0.39 is 0 Å². The van der Waals surface area contributed by atoms with Crippen molar-refractivity contribution < 1.29 is 0 Å². The molecule has 0 fully saturated rings. The van der Waals surface area contributed by atoms with Crippen molar-refractivity contribution in [2.45, 2.75) is 77.6 Å². The fourth-order valence-corrected chi connectivity index (χ4v) is 4.50. The Kier molecular flexibility index (Phi) is 7.91. The van der Waals surface area contributed by atoms with Crippen LogP contribution in [-0.4, -0.2) is 0 Å². The van der Waals surface area contributed by atoms with Crippen molar-refractivity contribution in [1.29, 1.82) is 0 Å². The number of hydrogen-bond acceptors (Lipinski definition) is 0. The summed E-state index contributed by atoms with van der Waals surface area (Å²) in [5.41, 5.74) is 7.18. The van der Waals surface area contributed by atoms with E-state index in [0.717, 1.165) is 0 Å². The van der Waals surface area contributed by atoms with Crippen molar-refractivity contribution in [2.75, 3.05) is 0 Å². The zero-order valence-electron chi connectivity index (χ0n) is 19.4. The van der Waals surface area contributed by atoms with Gasteiger partial charge in [-0.25, -0.2) is 0 Å². The average molecular weight is 399 g/mol. The van der Waals surface area contributed by atoms with Crippen LogP contribution in [0.3, 0.4) is 0 Å². The van der Waals surface area contributed by atoms with Crippen LogP contribution in [0.2, 0.25) is 0 Å². The SMILES string of the molecule is CCC(C)c1ccc(C(CC(C)c2ccccc2)CC(C)c2ccc(C)cc2)cc1. The molecule has 4 unspecified atom stereocenters. The highest BCUT2D eigenvalue weighted by Crippen LogP contribution is 2.37. The molecule has 0 spiro atoms. The third-order valence-corrected chi connectivity index (χ3v) is 6.88. The lowest BCUT2D eigenvalue weighted by molar-refractivity contribution is 0.489. The molecule has 0 aromatic heterocycles. The largest absolute Gasteiger partial charge is 0.0648 e. The number of hydrogen-bond donors (Lipinski definition) is 0. The monoisotopic (exact) mass is 398 g/mol. The molecule has 0 bridgehead atoms. The quantitative estimate of drug-likeness (QED) is 0.337. The molecule has 0 amide bonds. The molecule has 0 N–H and O–H groups in total. The molecule has 0 heteroatoms. The van der Waals surface area contributed by atoms with Gasteiger partial charge in [0.2, 0.25) is 0 Å².